The Labute approximate surface area is 173 Å². The van der Waals surface area contributed by atoms with Crippen LogP contribution in [0.25, 0.3) is 11.3 Å². The molecule has 0 amide bonds. The number of halogens is 3. The Bertz CT molecular complexity index is 1070. The summed E-state index contributed by atoms with van der Waals surface area (Å²) in [7, 11) is 0. The predicted molar refractivity (Wildman–Crippen MR) is 99.3 cm³/mol. The number of benzene rings is 1. The molecule has 3 heterocycles. The average molecular weight is 436 g/mol. The fourth-order valence-corrected chi connectivity index (χ4v) is 2.98. The van der Waals surface area contributed by atoms with E-state index in [1.165, 1.54) is 35.0 Å². The summed E-state index contributed by atoms with van der Waals surface area (Å²) in [5.41, 5.74) is 2.00. The molecule has 0 N–H and O–H groups in total. The Kier molecular flexibility index (Phi) is 5.46. The minimum Gasteiger partial charge on any atom is -0.443 e. The lowest BCUT2D eigenvalue weighted by Gasteiger charge is -2.22. The van der Waals surface area contributed by atoms with Gasteiger partial charge >= 0.3 is 18.2 Å². The molecular weight excluding hydrogens is 421 g/mol. The second-order valence-electron chi connectivity index (χ2n) is 6.66. The van der Waals surface area contributed by atoms with Crippen LogP contribution >= 0.6 is 0 Å². The first-order chi connectivity index (χ1) is 14.8. The molecule has 0 fully saturated rings. The van der Waals surface area contributed by atoms with E-state index in [1.807, 2.05) is 0 Å². The van der Waals surface area contributed by atoms with Crippen LogP contribution in [0.1, 0.15) is 5.56 Å². The second kappa shape index (κ2) is 8.22. The van der Waals surface area contributed by atoms with Crippen LogP contribution in [0.15, 0.2) is 48.8 Å². The molecule has 0 aliphatic carbocycles. The van der Waals surface area contributed by atoms with Crippen LogP contribution in [0.3, 0.4) is 0 Å². The molecule has 3 aromatic rings. The van der Waals surface area contributed by atoms with E-state index in [4.69, 9.17) is 9.47 Å². The first-order valence-corrected chi connectivity index (χ1v) is 9.04. The van der Waals surface area contributed by atoms with Crippen molar-refractivity contribution in [1.82, 2.24) is 14.5 Å². The fourth-order valence-electron chi connectivity index (χ4n) is 2.98. The van der Waals surface area contributed by atoms with Gasteiger partial charge in [-0.25, -0.2) is 0 Å². The van der Waals surface area contributed by atoms with Gasteiger partial charge in [-0.3, -0.25) is 9.55 Å². The molecule has 0 unspecified atom stereocenters. The normalized spacial score (nSPS) is 15.8. The largest absolute Gasteiger partial charge is 0.573 e. The van der Waals surface area contributed by atoms with Crippen LogP contribution in [-0.4, -0.2) is 38.5 Å². The summed E-state index contributed by atoms with van der Waals surface area (Å²) in [4.78, 5) is 18.3. The third-order valence-corrected chi connectivity index (χ3v) is 4.41. The number of imidazole rings is 1. The van der Waals surface area contributed by atoms with Crippen LogP contribution in [-0.2, 0) is 17.9 Å². The average Bonchev–Trinajstić information content (AvgIpc) is 3.16. The first-order valence-electron chi connectivity index (χ1n) is 9.04. The molecule has 31 heavy (non-hydrogen) atoms. The molecule has 0 spiro atoms. The minimum absolute atomic E-state index is 0.184. The quantitative estimate of drug-likeness (QED) is 0.429. The third-order valence-electron chi connectivity index (χ3n) is 4.41. The summed E-state index contributed by atoms with van der Waals surface area (Å²) < 4.78 is 53.3. The van der Waals surface area contributed by atoms with Gasteiger partial charge in [-0.1, -0.05) is 6.07 Å². The second-order valence-corrected chi connectivity index (χ2v) is 6.66. The van der Waals surface area contributed by atoms with Gasteiger partial charge in [0.05, 0.1) is 18.8 Å². The standard InChI is InChI=1S/C19H15F3N4O5/c20-19(21,22)31-14-4-2-13(3-5-14)16-6-1-12(7-23-16)10-29-15-8-25-9-17(26(27)28)24-18(25)30-11-15/h1-7,9,15H,8,10-11H2/t15-/m0/s1. The highest BCUT2D eigenvalue weighted by Gasteiger charge is 2.31. The maximum Gasteiger partial charge on any atom is 0.573 e. The van der Waals surface area contributed by atoms with Gasteiger partial charge in [0.1, 0.15) is 24.7 Å². The molecule has 162 valence electrons. The molecule has 9 nitrogen and oxygen atoms in total. The molecule has 4 rings (SSSR count). The Morgan fingerprint density at radius 1 is 1.23 bits per heavy atom. The Balaban J connectivity index is 1.33. The van der Waals surface area contributed by atoms with Gasteiger partial charge in [-0.2, -0.15) is 0 Å². The van der Waals surface area contributed by atoms with Crippen molar-refractivity contribution in [3.8, 4) is 23.0 Å². The van der Waals surface area contributed by atoms with E-state index >= 15 is 0 Å². The number of fused-ring (bicyclic) bond motifs is 1. The van der Waals surface area contributed by atoms with Gasteiger partial charge in [0.15, 0.2) is 0 Å². The number of hydrogen-bond acceptors (Lipinski definition) is 7. The number of pyridine rings is 1. The van der Waals surface area contributed by atoms with Gasteiger partial charge < -0.3 is 24.3 Å². The molecular formula is C19H15F3N4O5. The third kappa shape index (κ3) is 5.09. The topological polar surface area (TPSA) is 102 Å². The summed E-state index contributed by atoms with van der Waals surface area (Å²) in [6.07, 6.45) is -2.15. The number of nitrogens with zero attached hydrogens (tertiary/aromatic N) is 4. The van der Waals surface area contributed by atoms with Crippen molar-refractivity contribution in [3.05, 3.63) is 64.5 Å². The molecule has 1 aliphatic rings. The van der Waals surface area contributed by atoms with Crippen molar-refractivity contribution in [1.29, 1.82) is 0 Å². The zero-order valence-electron chi connectivity index (χ0n) is 15.8. The molecule has 0 saturated carbocycles. The number of nitro groups is 1. The smallest absolute Gasteiger partial charge is 0.443 e. The monoisotopic (exact) mass is 436 g/mol. The van der Waals surface area contributed by atoms with E-state index < -0.39 is 11.3 Å². The zero-order chi connectivity index (χ0) is 22.0. The minimum atomic E-state index is -4.74. The summed E-state index contributed by atoms with van der Waals surface area (Å²) in [6.45, 7) is 0.825. The molecule has 0 radical (unpaired) electrons. The van der Waals surface area contributed by atoms with Crippen LogP contribution < -0.4 is 9.47 Å². The maximum atomic E-state index is 12.2. The Morgan fingerprint density at radius 2 is 2.00 bits per heavy atom. The Morgan fingerprint density at radius 3 is 2.65 bits per heavy atom. The molecule has 2 aromatic heterocycles. The van der Waals surface area contributed by atoms with E-state index in [-0.39, 0.29) is 36.9 Å². The van der Waals surface area contributed by atoms with Gasteiger partial charge in [0.25, 0.3) is 0 Å². The summed E-state index contributed by atoms with van der Waals surface area (Å²) in [6, 6.07) is 9.12. The zero-order valence-corrected chi connectivity index (χ0v) is 15.8. The lowest BCUT2D eigenvalue weighted by Crippen LogP contribution is -2.32. The highest BCUT2D eigenvalue weighted by atomic mass is 19.4. The van der Waals surface area contributed by atoms with E-state index in [9.17, 15) is 23.3 Å². The molecule has 1 atom stereocenters. The van der Waals surface area contributed by atoms with Crippen molar-refractivity contribution in [2.24, 2.45) is 0 Å². The lowest BCUT2D eigenvalue weighted by molar-refractivity contribution is -0.389. The summed E-state index contributed by atoms with van der Waals surface area (Å²) >= 11 is 0. The number of aromatic nitrogens is 3. The Hall–Kier alpha value is -3.67. The van der Waals surface area contributed by atoms with Gasteiger partial charge in [-0.15, -0.1) is 13.2 Å². The van der Waals surface area contributed by atoms with E-state index in [0.29, 0.717) is 17.8 Å². The SMILES string of the molecule is O=[N+]([O-])c1cn2c(n1)OC[C@@H](OCc1ccc(-c3ccc(OC(F)(F)F)cc3)nc1)C2. The number of alkyl halides is 3. The predicted octanol–water partition coefficient (Wildman–Crippen LogP) is 3.73. The van der Waals surface area contributed by atoms with Crippen molar-refractivity contribution in [3.63, 3.8) is 0 Å². The van der Waals surface area contributed by atoms with Gasteiger partial charge in [0.2, 0.25) is 0 Å². The van der Waals surface area contributed by atoms with Crippen molar-refractivity contribution in [2.75, 3.05) is 6.61 Å². The van der Waals surface area contributed by atoms with Crippen molar-refractivity contribution >= 4 is 5.82 Å². The number of hydrogen-bond donors (Lipinski definition) is 0. The molecule has 1 aliphatic heterocycles. The molecule has 0 saturated heterocycles. The van der Waals surface area contributed by atoms with Crippen LogP contribution in [0, 0.1) is 10.1 Å². The van der Waals surface area contributed by atoms with E-state index in [1.54, 1.807) is 18.3 Å². The van der Waals surface area contributed by atoms with Crippen LogP contribution in [0.5, 0.6) is 11.8 Å². The van der Waals surface area contributed by atoms with E-state index in [2.05, 4.69) is 14.7 Å². The van der Waals surface area contributed by atoms with Gasteiger partial charge in [-0.05, 0) is 40.8 Å². The van der Waals surface area contributed by atoms with Gasteiger partial charge in [0, 0.05) is 16.7 Å². The molecule has 12 heteroatoms. The summed E-state index contributed by atoms with van der Waals surface area (Å²) in [5, 5.41) is 10.8. The fraction of sp³-hybridized carbons (Fsp3) is 0.263. The van der Waals surface area contributed by atoms with Crippen molar-refractivity contribution in [2.45, 2.75) is 25.6 Å². The molecule has 1 aromatic carbocycles. The van der Waals surface area contributed by atoms with E-state index in [0.717, 1.165) is 5.56 Å². The highest BCUT2D eigenvalue weighted by Crippen LogP contribution is 2.26. The number of rotatable bonds is 6. The van der Waals surface area contributed by atoms with Crippen molar-refractivity contribution < 1.29 is 32.3 Å². The van der Waals surface area contributed by atoms with Crippen LogP contribution in [0.4, 0.5) is 19.0 Å². The summed E-state index contributed by atoms with van der Waals surface area (Å²) in [5.74, 6) is -0.587. The number of ether oxygens (including phenoxy) is 3. The first kappa shape index (κ1) is 20.6. The van der Waals surface area contributed by atoms with Crippen LogP contribution in [0.2, 0.25) is 0 Å². The maximum absolute atomic E-state index is 12.2. The lowest BCUT2D eigenvalue weighted by atomic mass is 10.1. The molecule has 0 bridgehead atoms. The highest BCUT2D eigenvalue weighted by molar-refractivity contribution is 5.60.